The van der Waals surface area contributed by atoms with Crippen molar-refractivity contribution in [1.82, 2.24) is 4.98 Å². The highest BCUT2D eigenvalue weighted by Crippen LogP contribution is 2.22. The van der Waals surface area contributed by atoms with E-state index >= 15 is 0 Å². The lowest BCUT2D eigenvalue weighted by Crippen LogP contribution is -2.18. The van der Waals surface area contributed by atoms with Crippen LogP contribution in [0.25, 0.3) is 0 Å². The van der Waals surface area contributed by atoms with Gasteiger partial charge in [-0.2, -0.15) is 0 Å². The van der Waals surface area contributed by atoms with Crippen LogP contribution in [0.5, 0.6) is 0 Å². The first kappa shape index (κ1) is 9.66. The van der Waals surface area contributed by atoms with Crippen molar-refractivity contribution in [2.75, 3.05) is 5.73 Å². The molecule has 0 saturated carbocycles. The zero-order valence-electron chi connectivity index (χ0n) is 6.68. The van der Waals surface area contributed by atoms with Crippen molar-refractivity contribution in [3.05, 3.63) is 27.5 Å². The maximum Gasteiger partial charge on any atom is 0.267 e. The molecule has 0 amide bonds. The molecule has 1 heterocycles. The molecule has 1 aromatic rings. The lowest BCUT2D eigenvalue weighted by atomic mass is 10.2. The minimum atomic E-state index is -2.71. The molecular formula is C7H9F2N3O. The number of hydrogen-bond acceptors (Lipinski definition) is 3. The van der Waals surface area contributed by atoms with E-state index in [1.807, 2.05) is 0 Å². The molecule has 72 valence electrons. The molecule has 0 radical (unpaired) electrons. The monoisotopic (exact) mass is 189 g/mol. The first-order chi connectivity index (χ1) is 6.06. The standard InChI is InChI=1S/C7H9F2N3O/c8-5(9)4-1-3(2-10)7(13)12-6(4)11/h1,5H,2,10H2,(H3,11,12,13). The topological polar surface area (TPSA) is 84.9 Å². The minimum absolute atomic E-state index is 0.0880. The van der Waals surface area contributed by atoms with E-state index in [9.17, 15) is 13.6 Å². The van der Waals surface area contributed by atoms with E-state index in [1.54, 1.807) is 0 Å². The number of nitrogens with two attached hydrogens (primary N) is 2. The number of H-pyrrole nitrogens is 1. The molecule has 0 aliphatic carbocycles. The number of aromatic amines is 1. The quantitative estimate of drug-likeness (QED) is 0.627. The molecule has 0 unspecified atom stereocenters. The normalized spacial score (nSPS) is 10.8. The summed E-state index contributed by atoms with van der Waals surface area (Å²) in [6.45, 7) is -0.0880. The number of hydrogen-bond donors (Lipinski definition) is 3. The van der Waals surface area contributed by atoms with Crippen molar-refractivity contribution in [2.45, 2.75) is 13.0 Å². The molecule has 6 heteroatoms. The number of nitrogen functional groups attached to an aromatic ring is 1. The zero-order valence-corrected chi connectivity index (χ0v) is 6.68. The first-order valence-corrected chi connectivity index (χ1v) is 3.56. The average molecular weight is 189 g/mol. The van der Waals surface area contributed by atoms with Gasteiger partial charge in [0.15, 0.2) is 0 Å². The molecular weight excluding hydrogens is 180 g/mol. The number of anilines is 1. The summed E-state index contributed by atoms with van der Waals surface area (Å²) in [5.74, 6) is -0.308. The van der Waals surface area contributed by atoms with Crippen LogP contribution >= 0.6 is 0 Å². The molecule has 0 aliphatic heterocycles. The van der Waals surface area contributed by atoms with Gasteiger partial charge in [-0.05, 0) is 6.07 Å². The Morgan fingerprint density at radius 3 is 2.62 bits per heavy atom. The SMILES string of the molecule is NCc1cc(C(F)F)c(N)[nH]c1=O. The number of aromatic nitrogens is 1. The Hall–Kier alpha value is -1.43. The van der Waals surface area contributed by atoms with Gasteiger partial charge in [-0.1, -0.05) is 0 Å². The summed E-state index contributed by atoms with van der Waals surface area (Å²) in [5.41, 5.74) is 9.52. The van der Waals surface area contributed by atoms with E-state index in [0.29, 0.717) is 0 Å². The van der Waals surface area contributed by atoms with Crippen molar-refractivity contribution in [3.8, 4) is 0 Å². The summed E-state index contributed by atoms with van der Waals surface area (Å²) in [6, 6.07) is 1.03. The zero-order chi connectivity index (χ0) is 10.0. The van der Waals surface area contributed by atoms with E-state index < -0.39 is 12.0 Å². The highest BCUT2D eigenvalue weighted by atomic mass is 19.3. The fourth-order valence-electron chi connectivity index (χ4n) is 0.938. The lowest BCUT2D eigenvalue weighted by Gasteiger charge is -2.05. The fraction of sp³-hybridized carbons (Fsp3) is 0.286. The van der Waals surface area contributed by atoms with Crippen molar-refractivity contribution in [3.63, 3.8) is 0 Å². The maximum atomic E-state index is 12.2. The van der Waals surface area contributed by atoms with Gasteiger partial charge >= 0.3 is 0 Å². The highest BCUT2D eigenvalue weighted by molar-refractivity contribution is 5.41. The van der Waals surface area contributed by atoms with Crippen LogP contribution in [0.1, 0.15) is 17.6 Å². The third-order valence-electron chi connectivity index (χ3n) is 1.64. The van der Waals surface area contributed by atoms with Crippen LogP contribution in [-0.4, -0.2) is 4.98 Å². The van der Waals surface area contributed by atoms with Crippen molar-refractivity contribution in [1.29, 1.82) is 0 Å². The summed E-state index contributed by atoms with van der Waals surface area (Å²) < 4.78 is 24.5. The predicted octanol–water partition coefficient (Wildman–Crippen LogP) is 0.353. The van der Waals surface area contributed by atoms with Crippen LogP contribution in [-0.2, 0) is 6.54 Å². The van der Waals surface area contributed by atoms with E-state index in [1.165, 1.54) is 0 Å². The van der Waals surface area contributed by atoms with Gasteiger partial charge in [-0.3, -0.25) is 4.79 Å². The third kappa shape index (κ3) is 1.83. The number of pyridine rings is 1. The Morgan fingerprint density at radius 2 is 2.15 bits per heavy atom. The van der Waals surface area contributed by atoms with E-state index in [-0.39, 0.29) is 23.5 Å². The van der Waals surface area contributed by atoms with Gasteiger partial charge in [0.1, 0.15) is 5.82 Å². The van der Waals surface area contributed by atoms with Gasteiger partial charge in [-0.25, -0.2) is 8.78 Å². The number of nitrogens with one attached hydrogen (secondary N) is 1. The van der Waals surface area contributed by atoms with Gasteiger partial charge < -0.3 is 16.5 Å². The second kappa shape index (κ2) is 3.53. The molecule has 0 aliphatic rings. The van der Waals surface area contributed by atoms with Gasteiger partial charge in [0.05, 0.1) is 5.56 Å². The number of halogens is 2. The van der Waals surface area contributed by atoms with Crippen LogP contribution in [0.3, 0.4) is 0 Å². The lowest BCUT2D eigenvalue weighted by molar-refractivity contribution is 0.151. The Kier molecular flexibility index (Phi) is 2.62. The molecule has 1 rings (SSSR count). The maximum absolute atomic E-state index is 12.2. The first-order valence-electron chi connectivity index (χ1n) is 3.56. The van der Waals surface area contributed by atoms with Gasteiger partial charge in [-0.15, -0.1) is 0 Å². The molecule has 0 atom stereocenters. The Morgan fingerprint density at radius 1 is 1.54 bits per heavy atom. The second-order valence-corrected chi connectivity index (χ2v) is 2.50. The molecule has 0 fully saturated rings. The number of alkyl halides is 2. The molecule has 5 N–H and O–H groups in total. The second-order valence-electron chi connectivity index (χ2n) is 2.50. The Labute approximate surface area is 72.6 Å². The largest absolute Gasteiger partial charge is 0.385 e. The molecule has 0 aromatic carbocycles. The smallest absolute Gasteiger partial charge is 0.267 e. The van der Waals surface area contributed by atoms with Gasteiger partial charge in [0, 0.05) is 12.1 Å². The summed E-state index contributed by atoms with van der Waals surface area (Å²) in [4.78, 5) is 13.1. The average Bonchev–Trinajstić information content (AvgIpc) is 2.03. The van der Waals surface area contributed by atoms with Crippen LogP contribution in [0, 0.1) is 0 Å². The number of rotatable bonds is 2. The van der Waals surface area contributed by atoms with E-state index in [0.717, 1.165) is 6.07 Å². The van der Waals surface area contributed by atoms with Crippen LogP contribution in [0.2, 0.25) is 0 Å². The third-order valence-corrected chi connectivity index (χ3v) is 1.64. The molecule has 0 saturated heterocycles. The minimum Gasteiger partial charge on any atom is -0.385 e. The summed E-state index contributed by atoms with van der Waals surface area (Å²) in [7, 11) is 0. The summed E-state index contributed by atoms with van der Waals surface area (Å²) in [6.07, 6.45) is -2.71. The van der Waals surface area contributed by atoms with Gasteiger partial charge in [0.2, 0.25) is 0 Å². The van der Waals surface area contributed by atoms with Crippen LogP contribution in [0.15, 0.2) is 10.9 Å². The molecule has 4 nitrogen and oxygen atoms in total. The van der Waals surface area contributed by atoms with Crippen LogP contribution in [0.4, 0.5) is 14.6 Å². The molecule has 1 aromatic heterocycles. The Bertz CT molecular complexity index is 361. The molecule has 0 spiro atoms. The molecule has 13 heavy (non-hydrogen) atoms. The van der Waals surface area contributed by atoms with E-state index in [4.69, 9.17) is 11.5 Å². The molecule has 0 bridgehead atoms. The Balaban J connectivity index is 3.31. The van der Waals surface area contributed by atoms with E-state index in [2.05, 4.69) is 4.98 Å². The van der Waals surface area contributed by atoms with Crippen molar-refractivity contribution in [2.24, 2.45) is 5.73 Å². The van der Waals surface area contributed by atoms with Crippen molar-refractivity contribution >= 4 is 5.82 Å². The summed E-state index contributed by atoms with van der Waals surface area (Å²) >= 11 is 0. The summed E-state index contributed by atoms with van der Waals surface area (Å²) in [5, 5.41) is 0. The highest BCUT2D eigenvalue weighted by Gasteiger charge is 2.13. The van der Waals surface area contributed by atoms with Crippen molar-refractivity contribution < 1.29 is 8.78 Å². The van der Waals surface area contributed by atoms with Gasteiger partial charge in [0.25, 0.3) is 12.0 Å². The van der Waals surface area contributed by atoms with Crippen LogP contribution < -0.4 is 17.0 Å². The predicted molar refractivity (Wildman–Crippen MR) is 44.3 cm³/mol. The fourth-order valence-corrected chi connectivity index (χ4v) is 0.938.